The Morgan fingerprint density at radius 3 is 2.79 bits per heavy atom. The molecular weight excluding hydrogens is 553 g/mol. The van der Waals surface area contributed by atoms with E-state index in [1.165, 1.54) is 11.0 Å². The summed E-state index contributed by atoms with van der Waals surface area (Å²) in [5.41, 5.74) is -1.03. The average Bonchev–Trinajstić information content (AvgIpc) is 3.44. The third kappa shape index (κ3) is 5.31. The van der Waals surface area contributed by atoms with E-state index in [4.69, 9.17) is 9.47 Å². The van der Waals surface area contributed by atoms with Gasteiger partial charge in [0.25, 0.3) is 0 Å². The predicted octanol–water partition coefficient (Wildman–Crippen LogP) is 1.42. The van der Waals surface area contributed by atoms with Gasteiger partial charge in [0.05, 0.1) is 43.0 Å². The quantitative estimate of drug-likeness (QED) is 0.370. The van der Waals surface area contributed by atoms with Crippen LogP contribution in [-0.2, 0) is 14.3 Å². The number of benzene rings is 1. The minimum atomic E-state index is -1.65. The Hall–Kier alpha value is -3.08. The lowest BCUT2D eigenvalue weighted by atomic mass is 9.70. The van der Waals surface area contributed by atoms with Crippen LogP contribution in [0.3, 0.4) is 0 Å². The van der Waals surface area contributed by atoms with Crippen molar-refractivity contribution >= 4 is 17.4 Å². The zero-order valence-electron chi connectivity index (χ0n) is 25.0. The number of hydrogen-bond donors (Lipinski definition) is 2. The van der Waals surface area contributed by atoms with E-state index in [2.05, 4.69) is 40.1 Å². The molecular formula is C31H42FN7O4. The van der Waals surface area contributed by atoms with Gasteiger partial charge in [0.1, 0.15) is 5.75 Å². The van der Waals surface area contributed by atoms with Crippen LogP contribution in [-0.4, -0.2) is 116 Å². The highest BCUT2D eigenvalue weighted by molar-refractivity contribution is 5.95. The van der Waals surface area contributed by atoms with E-state index in [9.17, 15) is 14.9 Å². The summed E-state index contributed by atoms with van der Waals surface area (Å²) in [4.78, 5) is 34.7. The minimum Gasteiger partial charge on any atom is -0.472 e. The largest absolute Gasteiger partial charge is 0.472 e. The van der Waals surface area contributed by atoms with E-state index in [-0.39, 0.29) is 48.7 Å². The molecule has 3 saturated heterocycles. The molecule has 43 heavy (non-hydrogen) atoms. The molecule has 1 spiro atoms. The van der Waals surface area contributed by atoms with Crippen molar-refractivity contribution < 1.29 is 23.5 Å². The first-order valence-electron chi connectivity index (χ1n) is 15.3. The molecule has 5 aliphatic rings. The van der Waals surface area contributed by atoms with Crippen molar-refractivity contribution in [3.63, 3.8) is 0 Å². The number of likely N-dealkylation sites (tertiary alicyclic amines) is 1. The summed E-state index contributed by atoms with van der Waals surface area (Å²) in [7, 11) is 3.75. The molecule has 4 heterocycles. The van der Waals surface area contributed by atoms with Gasteiger partial charge in [0, 0.05) is 38.6 Å². The average molecular weight is 596 g/mol. The van der Waals surface area contributed by atoms with Crippen molar-refractivity contribution in [3.05, 3.63) is 36.9 Å². The lowest BCUT2D eigenvalue weighted by Gasteiger charge is -2.56. The number of carbonyl (C=O) groups is 2. The molecule has 7 unspecified atom stereocenters. The number of hydrogen-bond acceptors (Lipinski definition) is 10. The first kappa shape index (κ1) is 30.0. The van der Waals surface area contributed by atoms with E-state index in [0.29, 0.717) is 44.1 Å². The van der Waals surface area contributed by atoms with Crippen LogP contribution in [0.4, 0.5) is 10.1 Å². The molecule has 0 radical (unpaired) electrons. The fourth-order valence-electron chi connectivity index (χ4n) is 7.70. The molecule has 232 valence electrons. The summed E-state index contributed by atoms with van der Waals surface area (Å²) >= 11 is 0. The van der Waals surface area contributed by atoms with Crippen LogP contribution in [0.15, 0.2) is 36.9 Å². The number of nitrogens with zero attached hydrogens (tertiary/aromatic N) is 5. The van der Waals surface area contributed by atoms with Crippen molar-refractivity contribution in [1.82, 2.24) is 25.3 Å². The molecule has 11 nitrogen and oxygen atoms in total. The maximum Gasteiger partial charge on any atom is 0.246 e. The molecule has 8 atom stereocenters. The Labute approximate surface area is 252 Å². The second-order valence-electron chi connectivity index (χ2n) is 12.5. The van der Waals surface area contributed by atoms with Gasteiger partial charge in [0.15, 0.2) is 12.1 Å². The molecule has 6 rings (SSSR count). The highest BCUT2D eigenvalue weighted by atomic mass is 19.1. The van der Waals surface area contributed by atoms with Crippen molar-refractivity contribution in [3.8, 4) is 11.8 Å². The molecule has 12 heteroatoms. The number of para-hydroxylation sites is 2. The van der Waals surface area contributed by atoms with Gasteiger partial charge >= 0.3 is 0 Å². The zero-order valence-corrected chi connectivity index (χ0v) is 25.0. The molecule has 1 amide bonds. The molecule has 1 aromatic carbocycles. The minimum absolute atomic E-state index is 0.189. The Morgan fingerprint density at radius 2 is 2.05 bits per heavy atom. The number of nitrogens with one attached hydrogen (secondary N) is 2. The van der Waals surface area contributed by atoms with Crippen LogP contribution in [0.2, 0.25) is 0 Å². The second kappa shape index (κ2) is 12.1. The number of likely N-dealkylation sites (N-methyl/N-ethyl adjacent to an activating group) is 2. The van der Waals surface area contributed by atoms with Gasteiger partial charge in [0.2, 0.25) is 17.8 Å². The van der Waals surface area contributed by atoms with E-state index in [1.54, 1.807) is 24.1 Å². The highest BCUT2D eigenvalue weighted by Crippen LogP contribution is 2.47. The maximum atomic E-state index is 16.3. The summed E-state index contributed by atoms with van der Waals surface area (Å²) in [6.07, 6.45) is 1.81. The van der Waals surface area contributed by atoms with E-state index in [0.717, 1.165) is 19.4 Å². The molecule has 1 aliphatic carbocycles. The number of rotatable bonds is 6. The number of piperazine rings is 1. The Morgan fingerprint density at radius 1 is 1.23 bits per heavy atom. The molecule has 0 aromatic heterocycles. The van der Waals surface area contributed by atoms with Gasteiger partial charge in [-0.2, -0.15) is 5.26 Å². The summed E-state index contributed by atoms with van der Waals surface area (Å²) in [6, 6.07) is 8.70. The van der Waals surface area contributed by atoms with Gasteiger partial charge in [-0.1, -0.05) is 18.7 Å². The second-order valence-corrected chi connectivity index (χ2v) is 12.5. The highest BCUT2D eigenvalue weighted by Gasteiger charge is 2.62. The predicted molar refractivity (Wildman–Crippen MR) is 158 cm³/mol. The molecule has 4 fully saturated rings. The number of halogens is 1. The summed E-state index contributed by atoms with van der Waals surface area (Å²) in [6.45, 7) is 6.59. The third-order valence-corrected chi connectivity index (χ3v) is 10.1. The van der Waals surface area contributed by atoms with E-state index >= 15 is 4.39 Å². The monoisotopic (exact) mass is 595 g/mol. The van der Waals surface area contributed by atoms with Crippen LogP contribution in [0.5, 0.6) is 5.75 Å². The van der Waals surface area contributed by atoms with Crippen molar-refractivity contribution in [1.29, 1.82) is 5.26 Å². The van der Waals surface area contributed by atoms with Crippen LogP contribution in [0, 0.1) is 17.2 Å². The number of fused-ring (bicyclic) bond motifs is 2. The van der Waals surface area contributed by atoms with Crippen LogP contribution in [0.1, 0.15) is 32.1 Å². The molecule has 1 aromatic rings. The number of amides is 1. The zero-order chi connectivity index (χ0) is 30.3. The molecule has 0 bridgehead atoms. The normalized spacial score (nSPS) is 36.5. The number of ketones is 1. The number of nitriles is 1. The topological polar surface area (TPSA) is 113 Å². The number of ether oxygens (including phenoxy) is 2. The molecule has 4 aliphatic heterocycles. The molecule has 1 saturated carbocycles. The van der Waals surface area contributed by atoms with Gasteiger partial charge in [-0.05, 0) is 57.5 Å². The summed E-state index contributed by atoms with van der Waals surface area (Å²) in [5.74, 6) is -0.212. The lowest BCUT2D eigenvalue weighted by Crippen LogP contribution is -2.77. The van der Waals surface area contributed by atoms with Gasteiger partial charge in [-0.3, -0.25) is 25.1 Å². The van der Waals surface area contributed by atoms with Gasteiger partial charge < -0.3 is 24.2 Å². The summed E-state index contributed by atoms with van der Waals surface area (Å²) < 4.78 is 28.9. The van der Waals surface area contributed by atoms with Gasteiger partial charge in [-0.15, -0.1) is 0 Å². The van der Waals surface area contributed by atoms with E-state index in [1.807, 2.05) is 12.1 Å². The first-order chi connectivity index (χ1) is 20.8. The number of carbonyl (C=O) groups excluding carboxylic acids is 2. The lowest BCUT2D eigenvalue weighted by molar-refractivity contribution is -0.167. The SMILES string of the molecule is C=CC(=O)N1CCN(C2NC(OCC3CCCN3C)NC3C(=O)[C@@]4(CCC32)Oc2ccccc2N(C)C4F)CC1CC#N. The van der Waals surface area contributed by atoms with Crippen LogP contribution >= 0.6 is 0 Å². The maximum absolute atomic E-state index is 16.3. The Balaban J connectivity index is 1.27. The number of anilines is 1. The third-order valence-electron chi connectivity index (χ3n) is 10.1. The fourth-order valence-corrected chi connectivity index (χ4v) is 7.70. The standard InChI is InChI=1S/C31H42FN7O4/c1-4-25(40)39-17-16-38(18-20(39)12-14-33)28-22-11-13-31(29(32)37(3)23-9-5-6-10-24(23)43-31)27(41)26(22)34-30(35-28)42-19-21-8-7-15-36(21)2/h4-6,9-10,20-22,26,28-30,34-35H,1,7-8,11-13,15-19H2,2-3H3/t20?,21?,22?,26?,28?,29?,30?,31-/m1/s1. The van der Waals surface area contributed by atoms with Crippen LogP contribution in [0.25, 0.3) is 0 Å². The Bertz CT molecular complexity index is 1280. The first-order valence-corrected chi connectivity index (χ1v) is 15.3. The molecule has 2 N–H and O–H groups in total. The van der Waals surface area contributed by atoms with E-state index < -0.39 is 24.3 Å². The van der Waals surface area contributed by atoms with Gasteiger partial charge in [-0.25, -0.2) is 4.39 Å². The van der Waals surface area contributed by atoms with Crippen LogP contribution < -0.4 is 20.3 Å². The van der Waals surface area contributed by atoms with Crippen molar-refractivity contribution in [2.75, 3.05) is 51.8 Å². The van der Waals surface area contributed by atoms with Crippen molar-refractivity contribution in [2.24, 2.45) is 5.92 Å². The smallest absolute Gasteiger partial charge is 0.246 e. The number of Topliss-reactive ketones (excluding diaryl/α,β-unsaturated/α-hetero) is 1. The summed E-state index contributed by atoms with van der Waals surface area (Å²) in [5, 5.41) is 16.5. The number of alkyl halides is 1. The fraction of sp³-hybridized carbons (Fsp3) is 0.645. The Kier molecular flexibility index (Phi) is 8.45. The van der Waals surface area contributed by atoms with Crippen molar-refractivity contribution in [2.45, 2.75) is 74.6 Å².